The van der Waals surface area contributed by atoms with Gasteiger partial charge in [-0.1, -0.05) is 12.2 Å². The summed E-state index contributed by atoms with van der Waals surface area (Å²) in [4.78, 5) is 0. The van der Waals surface area contributed by atoms with Gasteiger partial charge in [-0.15, -0.1) is 0 Å². The van der Waals surface area contributed by atoms with Crippen LogP contribution in [0.2, 0.25) is 0 Å². The highest BCUT2D eigenvalue weighted by Crippen LogP contribution is 1.87. The van der Waals surface area contributed by atoms with Crippen LogP contribution in [0, 0.1) is 0 Å². The molecule has 0 rings (SSSR count). The highest BCUT2D eigenvalue weighted by atomic mass is 32.2. The third-order valence-corrected chi connectivity index (χ3v) is 1.42. The smallest absolute Gasteiger partial charge is 0.0842 e. The SMILES string of the molecule is CC=CCOCCCOS(=O)[O-]. The second-order valence-electron chi connectivity index (χ2n) is 2.02. The first kappa shape index (κ1) is 11.8. The van der Waals surface area contributed by atoms with Crippen molar-refractivity contribution in [1.82, 2.24) is 0 Å². The van der Waals surface area contributed by atoms with Crippen LogP contribution in [0.15, 0.2) is 12.2 Å². The minimum Gasteiger partial charge on any atom is -0.750 e. The van der Waals surface area contributed by atoms with E-state index in [9.17, 15) is 8.76 Å². The average Bonchev–Trinajstić information content (AvgIpc) is 2.02. The largest absolute Gasteiger partial charge is 0.750 e. The minimum atomic E-state index is -2.39. The van der Waals surface area contributed by atoms with E-state index in [1.807, 2.05) is 19.1 Å². The maximum atomic E-state index is 9.86. The molecule has 0 bridgehead atoms. The molecule has 0 heterocycles. The Kier molecular flexibility index (Phi) is 8.69. The van der Waals surface area contributed by atoms with E-state index in [0.717, 1.165) is 0 Å². The Bertz CT molecular complexity index is 146. The third kappa shape index (κ3) is 9.77. The van der Waals surface area contributed by atoms with Gasteiger partial charge in [0.05, 0.1) is 24.6 Å². The fourth-order valence-electron chi connectivity index (χ4n) is 0.536. The molecule has 0 aromatic carbocycles. The van der Waals surface area contributed by atoms with E-state index in [-0.39, 0.29) is 6.61 Å². The Balaban J connectivity index is 2.96. The molecule has 72 valence electrons. The normalized spacial score (nSPS) is 13.8. The molecule has 1 unspecified atom stereocenters. The fraction of sp³-hybridized carbons (Fsp3) is 0.714. The molecule has 0 aliphatic rings. The van der Waals surface area contributed by atoms with Crippen molar-refractivity contribution < 1.29 is 17.7 Å². The molecule has 4 nitrogen and oxygen atoms in total. The Morgan fingerprint density at radius 1 is 1.50 bits per heavy atom. The Hall–Kier alpha value is -0.230. The van der Waals surface area contributed by atoms with Gasteiger partial charge in [0, 0.05) is 6.61 Å². The lowest BCUT2D eigenvalue weighted by molar-refractivity contribution is 0.143. The van der Waals surface area contributed by atoms with Crippen molar-refractivity contribution >= 4 is 11.4 Å². The summed E-state index contributed by atoms with van der Waals surface area (Å²) in [6.07, 6.45) is 4.36. The topological polar surface area (TPSA) is 58.6 Å². The maximum absolute atomic E-state index is 9.86. The van der Waals surface area contributed by atoms with Gasteiger partial charge in [0.15, 0.2) is 0 Å². The average molecular weight is 193 g/mol. The van der Waals surface area contributed by atoms with Gasteiger partial charge in [0.25, 0.3) is 0 Å². The fourth-order valence-corrected chi connectivity index (χ4v) is 0.789. The highest BCUT2D eigenvalue weighted by molar-refractivity contribution is 7.74. The zero-order valence-electron chi connectivity index (χ0n) is 7.02. The van der Waals surface area contributed by atoms with E-state index < -0.39 is 11.4 Å². The molecule has 0 aliphatic carbocycles. The first-order chi connectivity index (χ1) is 5.77. The van der Waals surface area contributed by atoms with Gasteiger partial charge in [-0.05, 0) is 13.3 Å². The molecule has 0 aromatic rings. The second-order valence-corrected chi connectivity index (χ2v) is 2.67. The van der Waals surface area contributed by atoms with Crippen molar-refractivity contribution in [2.45, 2.75) is 13.3 Å². The van der Waals surface area contributed by atoms with Gasteiger partial charge in [0.1, 0.15) is 0 Å². The lowest BCUT2D eigenvalue weighted by Crippen LogP contribution is -2.02. The van der Waals surface area contributed by atoms with Gasteiger partial charge in [-0.25, -0.2) is 4.21 Å². The molecule has 0 saturated heterocycles. The lowest BCUT2D eigenvalue weighted by Gasteiger charge is -2.04. The maximum Gasteiger partial charge on any atom is 0.0842 e. The van der Waals surface area contributed by atoms with E-state index in [1.54, 1.807) is 0 Å². The number of rotatable bonds is 7. The quantitative estimate of drug-likeness (QED) is 0.340. The molecule has 12 heavy (non-hydrogen) atoms. The summed E-state index contributed by atoms with van der Waals surface area (Å²) in [6, 6.07) is 0. The predicted molar refractivity (Wildman–Crippen MR) is 45.1 cm³/mol. The standard InChI is InChI=1S/C7H14O4S/c1-2-3-5-10-6-4-7-11-12(8)9/h2-3H,4-7H2,1H3,(H,8,9)/p-1. The van der Waals surface area contributed by atoms with E-state index in [1.165, 1.54) is 0 Å². The summed E-state index contributed by atoms with van der Waals surface area (Å²) in [7, 11) is 0. The van der Waals surface area contributed by atoms with E-state index in [0.29, 0.717) is 19.6 Å². The summed E-state index contributed by atoms with van der Waals surface area (Å²) in [5.74, 6) is 0. The van der Waals surface area contributed by atoms with Crippen LogP contribution in [-0.4, -0.2) is 28.6 Å². The summed E-state index contributed by atoms with van der Waals surface area (Å²) in [5, 5.41) is 0. The van der Waals surface area contributed by atoms with Crippen molar-refractivity contribution in [1.29, 1.82) is 0 Å². The molecule has 0 aliphatic heterocycles. The van der Waals surface area contributed by atoms with Crippen LogP contribution in [0.3, 0.4) is 0 Å². The van der Waals surface area contributed by atoms with Crippen molar-refractivity contribution in [3.8, 4) is 0 Å². The number of ether oxygens (including phenoxy) is 1. The van der Waals surface area contributed by atoms with Crippen molar-refractivity contribution in [2.24, 2.45) is 0 Å². The summed E-state index contributed by atoms with van der Waals surface area (Å²) < 4.78 is 29.1. The van der Waals surface area contributed by atoms with Crippen LogP contribution >= 0.6 is 0 Å². The monoisotopic (exact) mass is 193 g/mol. The molecule has 0 saturated carbocycles. The molecule has 0 fully saturated rings. The minimum absolute atomic E-state index is 0.186. The molecule has 0 aromatic heterocycles. The predicted octanol–water partition coefficient (Wildman–Crippen LogP) is 0.780. The van der Waals surface area contributed by atoms with Crippen LogP contribution in [0.5, 0.6) is 0 Å². The molecule has 5 heteroatoms. The van der Waals surface area contributed by atoms with Crippen molar-refractivity contribution in [3.63, 3.8) is 0 Å². The number of hydrogen-bond donors (Lipinski definition) is 0. The van der Waals surface area contributed by atoms with E-state index >= 15 is 0 Å². The van der Waals surface area contributed by atoms with E-state index in [2.05, 4.69) is 4.18 Å². The Morgan fingerprint density at radius 3 is 2.83 bits per heavy atom. The summed E-state index contributed by atoms with van der Waals surface area (Å²) in [5.41, 5.74) is 0. The summed E-state index contributed by atoms with van der Waals surface area (Å²) >= 11 is -2.39. The molecular formula is C7H13O4S-. The first-order valence-corrected chi connectivity index (χ1v) is 4.68. The molecule has 0 spiro atoms. The molecular weight excluding hydrogens is 180 g/mol. The molecule has 1 atom stereocenters. The molecule has 0 amide bonds. The van der Waals surface area contributed by atoms with Crippen molar-refractivity contribution in [2.75, 3.05) is 19.8 Å². The van der Waals surface area contributed by atoms with Gasteiger partial charge in [0.2, 0.25) is 0 Å². The van der Waals surface area contributed by atoms with Gasteiger partial charge in [-0.2, -0.15) is 0 Å². The van der Waals surface area contributed by atoms with Crippen LogP contribution in [-0.2, 0) is 20.3 Å². The van der Waals surface area contributed by atoms with E-state index in [4.69, 9.17) is 4.74 Å². The third-order valence-electron chi connectivity index (χ3n) is 1.06. The van der Waals surface area contributed by atoms with Gasteiger partial charge in [-0.3, -0.25) is 0 Å². The zero-order chi connectivity index (χ0) is 9.23. The van der Waals surface area contributed by atoms with Gasteiger partial charge >= 0.3 is 0 Å². The van der Waals surface area contributed by atoms with Crippen LogP contribution in [0.4, 0.5) is 0 Å². The summed E-state index contributed by atoms with van der Waals surface area (Å²) in [6.45, 7) is 3.18. The number of hydrogen-bond acceptors (Lipinski definition) is 4. The van der Waals surface area contributed by atoms with Crippen LogP contribution < -0.4 is 0 Å². The van der Waals surface area contributed by atoms with Gasteiger partial charge < -0.3 is 13.5 Å². The van der Waals surface area contributed by atoms with Crippen molar-refractivity contribution in [3.05, 3.63) is 12.2 Å². The van der Waals surface area contributed by atoms with Crippen LogP contribution in [0.1, 0.15) is 13.3 Å². The van der Waals surface area contributed by atoms with Crippen LogP contribution in [0.25, 0.3) is 0 Å². The Morgan fingerprint density at radius 2 is 2.25 bits per heavy atom. The molecule has 0 N–H and O–H groups in total. The zero-order valence-corrected chi connectivity index (χ0v) is 7.84. The second kappa shape index (κ2) is 8.86. The lowest BCUT2D eigenvalue weighted by atomic mass is 10.5. The molecule has 0 radical (unpaired) electrons. The first-order valence-electron chi connectivity index (χ1n) is 3.68. The number of allylic oxidation sites excluding steroid dienone is 1. The highest BCUT2D eigenvalue weighted by Gasteiger charge is 1.87. The Labute approximate surface area is 75.1 Å².